The van der Waals surface area contributed by atoms with Crippen LogP contribution in [0, 0.1) is 0 Å². The van der Waals surface area contributed by atoms with Gasteiger partial charge in [0.25, 0.3) is 0 Å². The third-order valence-electron chi connectivity index (χ3n) is 3.60. The van der Waals surface area contributed by atoms with Crippen molar-refractivity contribution in [2.24, 2.45) is 5.73 Å². The summed E-state index contributed by atoms with van der Waals surface area (Å²) in [4.78, 5) is 23.6. The highest BCUT2D eigenvalue weighted by molar-refractivity contribution is 5.87. The van der Waals surface area contributed by atoms with E-state index in [1.165, 1.54) is 0 Å². The Morgan fingerprint density at radius 3 is 2.28 bits per heavy atom. The smallest absolute Gasteiger partial charge is 0.244 e. The number of carbonyl (C=O) groups excluding carboxylic acids is 2. The van der Waals surface area contributed by atoms with Gasteiger partial charge in [-0.15, -0.1) is 0 Å². The molecule has 2 amide bonds. The SMILES string of the molecule is COc1ccc(OCCCC(=O)N[C@@H](C(N)=O)c2ccccc2)cc1. The van der Waals surface area contributed by atoms with Gasteiger partial charge in [-0.25, -0.2) is 0 Å². The number of hydrogen-bond donors (Lipinski definition) is 2. The Morgan fingerprint density at radius 1 is 1.04 bits per heavy atom. The van der Waals surface area contributed by atoms with Crippen molar-refractivity contribution in [2.75, 3.05) is 13.7 Å². The molecule has 3 N–H and O–H groups in total. The van der Waals surface area contributed by atoms with Gasteiger partial charge in [-0.2, -0.15) is 0 Å². The average molecular weight is 342 g/mol. The quantitative estimate of drug-likeness (QED) is 0.684. The molecule has 2 aromatic carbocycles. The van der Waals surface area contributed by atoms with E-state index in [4.69, 9.17) is 15.2 Å². The Hall–Kier alpha value is -3.02. The number of carbonyl (C=O) groups is 2. The topological polar surface area (TPSA) is 90.7 Å². The minimum Gasteiger partial charge on any atom is -0.497 e. The largest absolute Gasteiger partial charge is 0.497 e. The van der Waals surface area contributed by atoms with Gasteiger partial charge in [0.05, 0.1) is 13.7 Å². The summed E-state index contributed by atoms with van der Waals surface area (Å²) < 4.78 is 10.6. The Kier molecular flexibility index (Phi) is 6.83. The highest BCUT2D eigenvalue weighted by Crippen LogP contribution is 2.17. The van der Waals surface area contributed by atoms with Crippen LogP contribution in [0.25, 0.3) is 0 Å². The maximum absolute atomic E-state index is 12.0. The van der Waals surface area contributed by atoms with Gasteiger partial charge in [-0.05, 0) is 36.2 Å². The van der Waals surface area contributed by atoms with Crippen LogP contribution in [0.5, 0.6) is 11.5 Å². The van der Waals surface area contributed by atoms with E-state index in [1.807, 2.05) is 6.07 Å². The fraction of sp³-hybridized carbons (Fsp3) is 0.263. The van der Waals surface area contributed by atoms with Gasteiger partial charge >= 0.3 is 0 Å². The van der Waals surface area contributed by atoms with Crippen molar-refractivity contribution in [3.8, 4) is 11.5 Å². The fourth-order valence-electron chi connectivity index (χ4n) is 2.29. The lowest BCUT2D eigenvalue weighted by Crippen LogP contribution is -2.37. The Morgan fingerprint density at radius 2 is 1.68 bits per heavy atom. The number of hydrogen-bond acceptors (Lipinski definition) is 4. The van der Waals surface area contributed by atoms with Crippen LogP contribution in [0.4, 0.5) is 0 Å². The van der Waals surface area contributed by atoms with Crippen LogP contribution in [-0.2, 0) is 9.59 Å². The fourth-order valence-corrected chi connectivity index (χ4v) is 2.29. The molecule has 0 heterocycles. The third-order valence-corrected chi connectivity index (χ3v) is 3.60. The molecule has 0 unspecified atom stereocenters. The van der Waals surface area contributed by atoms with E-state index in [9.17, 15) is 9.59 Å². The molecule has 25 heavy (non-hydrogen) atoms. The Labute approximate surface area is 146 Å². The van der Waals surface area contributed by atoms with Crippen molar-refractivity contribution in [1.29, 1.82) is 0 Å². The van der Waals surface area contributed by atoms with E-state index in [0.29, 0.717) is 24.3 Å². The molecular weight excluding hydrogens is 320 g/mol. The lowest BCUT2D eigenvalue weighted by molar-refractivity contribution is -0.127. The van der Waals surface area contributed by atoms with Gasteiger partial charge in [0, 0.05) is 6.42 Å². The first-order chi connectivity index (χ1) is 12.1. The molecule has 0 spiro atoms. The van der Waals surface area contributed by atoms with Crippen LogP contribution in [-0.4, -0.2) is 25.5 Å². The molecule has 6 nitrogen and oxygen atoms in total. The summed E-state index contributed by atoms with van der Waals surface area (Å²) in [6.07, 6.45) is 0.769. The van der Waals surface area contributed by atoms with Crippen LogP contribution < -0.4 is 20.5 Å². The summed E-state index contributed by atoms with van der Waals surface area (Å²) in [5.74, 6) is 0.630. The maximum atomic E-state index is 12.0. The van der Waals surface area contributed by atoms with Crippen LogP contribution >= 0.6 is 0 Å². The van der Waals surface area contributed by atoms with E-state index in [2.05, 4.69) is 5.32 Å². The van der Waals surface area contributed by atoms with Gasteiger partial charge in [0.15, 0.2) is 0 Å². The number of nitrogens with two attached hydrogens (primary N) is 1. The van der Waals surface area contributed by atoms with Gasteiger partial charge in [0.2, 0.25) is 11.8 Å². The van der Waals surface area contributed by atoms with Crippen LogP contribution in [0.3, 0.4) is 0 Å². The first-order valence-corrected chi connectivity index (χ1v) is 8.00. The van der Waals surface area contributed by atoms with Crippen LogP contribution in [0.2, 0.25) is 0 Å². The summed E-state index contributed by atoms with van der Waals surface area (Å²) in [7, 11) is 1.60. The normalized spacial score (nSPS) is 11.4. The van der Waals surface area contributed by atoms with Gasteiger partial charge < -0.3 is 20.5 Å². The minimum absolute atomic E-state index is 0.243. The molecule has 0 radical (unpaired) electrons. The molecule has 0 aliphatic rings. The average Bonchev–Trinajstić information content (AvgIpc) is 2.64. The van der Waals surface area contributed by atoms with Crippen LogP contribution in [0.1, 0.15) is 24.4 Å². The second kappa shape index (κ2) is 9.32. The molecule has 0 aromatic heterocycles. The monoisotopic (exact) mass is 342 g/mol. The van der Waals surface area contributed by atoms with Crippen molar-refractivity contribution in [2.45, 2.75) is 18.9 Å². The lowest BCUT2D eigenvalue weighted by atomic mass is 10.1. The predicted molar refractivity (Wildman–Crippen MR) is 94.2 cm³/mol. The number of methoxy groups -OCH3 is 1. The second-order valence-corrected chi connectivity index (χ2v) is 5.44. The van der Waals surface area contributed by atoms with Gasteiger partial charge in [-0.3, -0.25) is 9.59 Å². The van der Waals surface area contributed by atoms with E-state index in [-0.39, 0.29) is 12.3 Å². The first-order valence-electron chi connectivity index (χ1n) is 8.00. The van der Waals surface area contributed by atoms with Gasteiger partial charge in [-0.1, -0.05) is 30.3 Å². The molecule has 0 saturated heterocycles. The molecule has 0 bridgehead atoms. The highest BCUT2D eigenvalue weighted by Gasteiger charge is 2.19. The molecule has 0 aliphatic heterocycles. The lowest BCUT2D eigenvalue weighted by Gasteiger charge is -2.16. The molecule has 0 saturated carbocycles. The molecule has 6 heteroatoms. The summed E-state index contributed by atoms with van der Waals surface area (Å²) >= 11 is 0. The third kappa shape index (κ3) is 5.84. The summed E-state index contributed by atoms with van der Waals surface area (Å²) in [5, 5.41) is 2.66. The molecule has 0 aliphatic carbocycles. The zero-order valence-corrected chi connectivity index (χ0v) is 14.1. The molecule has 2 aromatic rings. The zero-order chi connectivity index (χ0) is 18.1. The zero-order valence-electron chi connectivity index (χ0n) is 14.1. The van der Waals surface area contributed by atoms with E-state index in [0.717, 1.165) is 5.75 Å². The number of rotatable bonds is 9. The van der Waals surface area contributed by atoms with E-state index < -0.39 is 11.9 Å². The van der Waals surface area contributed by atoms with Crippen molar-refractivity contribution < 1.29 is 19.1 Å². The van der Waals surface area contributed by atoms with E-state index >= 15 is 0 Å². The van der Waals surface area contributed by atoms with Crippen molar-refractivity contribution in [3.05, 3.63) is 60.2 Å². The molecule has 132 valence electrons. The molecule has 1 atom stereocenters. The minimum atomic E-state index is -0.823. The summed E-state index contributed by atoms with van der Waals surface area (Å²) in [6.45, 7) is 0.395. The van der Waals surface area contributed by atoms with Crippen molar-refractivity contribution in [1.82, 2.24) is 5.32 Å². The van der Waals surface area contributed by atoms with Crippen molar-refractivity contribution in [3.63, 3.8) is 0 Å². The Bertz CT molecular complexity index is 686. The molecular formula is C19H22N2O4. The number of amides is 2. The molecule has 0 fully saturated rings. The van der Waals surface area contributed by atoms with Gasteiger partial charge in [0.1, 0.15) is 17.5 Å². The number of benzene rings is 2. The summed E-state index contributed by atoms with van der Waals surface area (Å²) in [6, 6.07) is 15.3. The van der Waals surface area contributed by atoms with E-state index in [1.54, 1.807) is 55.6 Å². The van der Waals surface area contributed by atoms with Crippen LogP contribution in [0.15, 0.2) is 54.6 Å². The second-order valence-electron chi connectivity index (χ2n) is 5.44. The number of primary amides is 1. The first kappa shape index (κ1) is 18.3. The van der Waals surface area contributed by atoms with Crippen molar-refractivity contribution >= 4 is 11.8 Å². The Balaban J connectivity index is 1.76. The maximum Gasteiger partial charge on any atom is 0.244 e. The predicted octanol–water partition coefficient (Wildman–Crippen LogP) is 2.20. The molecule has 2 rings (SSSR count). The number of ether oxygens (including phenoxy) is 2. The number of nitrogens with one attached hydrogen (secondary N) is 1. The standard InChI is InChI=1S/C19H22N2O4/c1-24-15-9-11-16(12-10-15)25-13-5-8-17(22)21-18(19(20)23)14-6-3-2-4-7-14/h2-4,6-7,9-12,18H,5,8,13H2,1H3,(H2,20,23)(H,21,22)/t18-/m1/s1. The highest BCUT2D eigenvalue weighted by atomic mass is 16.5. The summed E-state index contributed by atoms with van der Waals surface area (Å²) in [5.41, 5.74) is 6.05.